The summed E-state index contributed by atoms with van der Waals surface area (Å²) in [5.74, 6) is 1.58. The summed E-state index contributed by atoms with van der Waals surface area (Å²) in [6.07, 6.45) is 7.29. The van der Waals surface area contributed by atoms with Crippen LogP contribution in [-0.2, 0) is 11.3 Å². The first-order chi connectivity index (χ1) is 11.2. The smallest absolute Gasteiger partial charge is 0.227 e. The largest absolute Gasteiger partial charge is 0.340 e. The summed E-state index contributed by atoms with van der Waals surface area (Å²) < 4.78 is 0. The summed E-state index contributed by atoms with van der Waals surface area (Å²) in [4.78, 5) is 21.4. The van der Waals surface area contributed by atoms with Crippen molar-refractivity contribution in [1.82, 2.24) is 14.8 Å². The molecule has 1 amide bonds. The van der Waals surface area contributed by atoms with Crippen LogP contribution in [0.25, 0.3) is 0 Å². The quantitative estimate of drug-likeness (QED) is 0.907. The second kappa shape index (κ2) is 6.21. The molecule has 0 aromatic carbocycles. The second-order valence-electron chi connectivity index (χ2n) is 7.39. The third-order valence-corrected chi connectivity index (χ3v) is 6.11. The first-order valence-electron chi connectivity index (χ1n) is 8.88. The van der Waals surface area contributed by atoms with Gasteiger partial charge in [0.1, 0.15) is 0 Å². The van der Waals surface area contributed by atoms with E-state index in [1.165, 1.54) is 24.8 Å². The maximum absolute atomic E-state index is 12.9. The van der Waals surface area contributed by atoms with Gasteiger partial charge in [0.15, 0.2) is 0 Å². The van der Waals surface area contributed by atoms with Crippen LogP contribution < -0.4 is 5.73 Å². The molecule has 2 bridgehead atoms. The van der Waals surface area contributed by atoms with Gasteiger partial charge < -0.3 is 10.6 Å². The lowest BCUT2D eigenvalue weighted by Crippen LogP contribution is -2.53. The van der Waals surface area contributed by atoms with Crippen LogP contribution in [0.3, 0.4) is 0 Å². The van der Waals surface area contributed by atoms with E-state index in [9.17, 15) is 4.79 Å². The molecule has 1 aromatic rings. The standard InChI is InChI=1S/C18H26N4O/c19-17-15-2-1-14(11-15)16(17)18(23)22-9-7-21(8-10-22)12-13-3-5-20-6-4-13/h3-6,14-17H,1-2,7-12,19H2. The summed E-state index contributed by atoms with van der Waals surface area (Å²) in [7, 11) is 0. The summed E-state index contributed by atoms with van der Waals surface area (Å²) in [6.45, 7) is 4.52. The molecule has 5 heteroatoms. The number of rotatable bonds is 3. The topological polar surface area (TPSA) is 62.5 Å². The normalized spacial score (nSPS) is 34.0. The Kier molecular flexibility index (Phi) is 4.07. The van der Waals surface area contributed by atoms with Gasteiger partial charge in [-0.2, -0.15) is 0 Å². The molecule has 2 saturated carbocycles. The molecule has 1 aromatic heterocycles. The van der Waals surface area contributed by atoms with Crippen LogP contribution in [0, 0.1) is 17.8 Å². The first-order valence-corrected chi connectivity index (χ1v) is 8.88. The zero-order chi connectivity index (χ0) is 15.8. The number of nitrogens with two attached hydrogens (primary N) is 1. The van der Waals surface area contributed by atoms with E-state index in [1.807, 2.05) is 12.4 Å². The van der Waals surface area contributed by atoms with E-state index in [4.69, 9.17) is 5.73 Å². The fourth-order valence-corrected chi connectivity index (χ4v) is 4.79. The van der Waals surface area contributed by atoms with Crippen molar-refractivity contribution in [3.63, 3.8) is 0 Å². The molecular weight excluding hydrogens is 288 g/mol. The summed E-state index contributed by atoms with van der Waals surface area (Å²) in [5, 5.41) is 0. The fourth-order valence-electron chi connectivity index (χ4n) is 4.79. The van der Waals surface area contributed by atoms with Crippen LogP contribution in [0.15, 0.2) is 24.5 Å². The number of nitrogens with zero attached hydrogens (tertiary/aromatic N) is 3. The molecule has 2 N–H and O–H groups in total. The van der Waals surface area contributed by atoms with Gasteiger partial charge in [0, 0.05) is 51.2 Å². The molecule has 4 unspecified atom stereocenters. The molecule has 1 aliphatic heterocycles. The fraction of sp³-hybridized carbons (Fsp3) is 0.667. The predicted octanol–water partition coefficient (Wildman–Crippen LogP) is 1.10. The minimum atomic E-state index is 0.0977. The Labute approximate surface area is 137 Å². The van der Waals surface area contributed by atoms with Gasteiger partial charge in [0.25, 0.3) is 0 Å². The minimum Gasteiger partial charge on any atom is -0.340 e. The Morgan fingerprint density at radius 1 is 1.13 bits per heavy atom. The van der Waals surface area contributed by atoms with Crippen molar-refractivity contribution < 1.29 is 4.79 Å². The Balaban J connectivity index is 1.32. The lowest BCUT2D eigenvalue weighted by Gasteiger charge is -2.38. The van der Waals surface area contributed by atoms with E-state index in [0.717, 1.165) is 32.7 Å². The van der Waals surface area contributed by atoms with Crippen molar-refractivity contribution in [2.45, 2.75) is 31.8 Å². The van der Waals surface area contributed by atoms with Crippen molar-refractivity contribution in [2.24, 2.45) is 23.5 Å². The van der Waals surface area contributed by atoms with Crippen molar-refractivity contribution in [3.05, 3.63) is 30.1 Å². The molecule has 5 nitrogen and oxygen atoms in total. The number of amides is 1. The molecule has 23 heavy (non-hydrogen) atoms. The number of carbonyl (C=O) groups excluding carboxylic acids is 1. The zero-order valence-electron chi connectivity index (χ0n) is 13.6. The van der Waals surface area contributed by atoms with E-state index in [2.05, 4.69) is 26.9 Å². The number of aromatic nitrogens is 1. The lowest BCUT2D eigenvalue weighted by atomic mass is 9.84. The third kappa shape index (κ3) is 2.88. The van der Waals surface area contributed by atoms with Crippen LogP contribution in [0.5, 0.6) is 0 Å². The Hall–Kier alpha value is -1.46. The van der Waals surface area contributed by atoms with Crippen LogP contribution in [0.4, 0.5) is 0 Å². The summed E-state index contributed by atoms with van der Waals surface area (Å²) in [5.41, 5.74) is 7.62. The Bertz CT molecular complexity index is 553. The Morgan fingerprint density at radius 2 is 1.83 bits per heavy atom. The van der Waals surface area contributed by atoms with Crippen molar-refractivity contribution in [1.29, 1.82) is 0 Å². The van der Waals surface area contributed by atoms with E-state index in [1.54, 1.807) is 0 Å². The van der Waals surface area contributed by atoms with E-state index in [-0.39, 0.29) is 12.0 Å². The number of hydrogen-bond acceptors (Lipinski definition) is 4. The second-order valence-corrected chi connectivity index (χ2v) is 7.39. The van der Waals surface area contributed by atoms with Gasteiger partial charge in [-0.05, 0) is 48.8 Å². The third-order valence-electron chi connectivity index (χ3n) is 6.11. The maximum atomic E-state index is 12.9. The predicted molar refractivity (Wildman–Crippen MR) is 88.4 cm³/mol. The molecule has 3 aliphatic rings. The lowest BCUT2D eigenvalue weighted by molar-refractivity contribution is -0.139. The van der Waals surface area contributed by atoms with Crippen LogP contribution in [0.1, 0.15) is 24.8 Å². The molecule has 2 aliphatic carbocycles. The molecular formula is C18H26N4O. The first kappa shape index (κ1) is 15.1. The van der Waals surface area contributed by atoms with Crippen molar-refractivity contribution >= 4 is 5.91 Å². The highest BCUT2D eigenvalue weighted by atomic mass is 16.2. The zero-order valence-corrected chi connectivity index (χ0v) is 13.6. The highest BCUT2D eigenvalue weighted by molar-refractivity contribution is 5.80. The average Bonchev–Trinajstić information content (AvgIpc) is 3.17. The molecule has 3 fully saturated rings. The van der Waals surface area contributed by atoms with E-state index in [0.29, 0.717) is 17.7 Å². The molecule has 2 heterocycles. The van der Waals surface area contributed by atoms with Crippen molar-refractivity contribution in [3.8, 4) is 0 Å². The Morgan fingerprint density at radius 3 is 2.48 bits per heavy atom. The number of fused-ring (bicyclic) bond motifs is 2. The molecule has 0 radical (unpaired) electrons. The number of piperazine rings is 1. The minimum absolute atomic E-state index is 0.0977. The highest BCUT2D eigenvalue weighted by Gasteiger charge is 2.50. The van der Waals surface area contributed by atoms with E-state index >= 15 is 0 Å². The molecule has 124 valence electrons. The van der Waals surface area contributed by atoms with Crippen LogP contribution in [0.2, 0.25) is 0 Å². The summed E-state index contributed by atoms with van der Waals surface area (Å²) in [6, 6.07) is 4.23. The van der Waals surface area contributed by atoms with Gasteiger partial charge in [-0.25, -0.2) is 0 Å². The van der Waals surface area contributed by atoms with Gasteiger partial charge >= 0.3 is 0 Å². The monoisotopic (exact) mass is 314 g/mol. The maximum Gasteiger partial charge on any atom is 0.227 e. The number of pyridine rings is 1. The molecule has 1 saturated heterocycles. The van der Waals surface area contributed by atoms with Gasteiger partial charge in [-0.15, -0.1) is 0 Å². The average molecular weight is 314 g/mol. The van der Waals surface area contributed by atoms with E-state index < -0.39 is 0 Å². The van der Waals surface area contributed by atoms with Gasteiger partial charge in [-0.1, -0.05) is 0 Å². The highest BCUT2D eigenvalue weighted by Crippen LogP contribution is 2.48. The van der Waals surface area contributed by atoms with Crippen LogP contribution in [-0.4, -0.2) is 52.9 Å². The molecule has 4 rings (SSSR count). The number of hydrogen-bond donors (Lipinski definition) is 1. The van der Waals surface area contributed by atoms with Gasteiger partial charge in [0.2, 0.25) is 5.91 Å². The van der Waals surface area contributed by atoms with Crippen molar-refractivity contribution in [2.75, 3.05) is 26.2 Å². The van der Waals surface area contributed by atoms with Gasteiger partial charge in [0.05, 0.1) is 5.92 Å². The number of carbonyl (C=O) groups is 1. The molecule has 4 atom stereocenters. The van der Waals surface area contributed by atoms with Gasteiger partial charge in [-0.3, -0.25) is 14.7 Å². The SMILES string of the molecule is NC1C2CCC(C2)C1C(=O)N1CCN(Cc2ccncc2)CC1. The summed E-state index contributed by atoms with van der Waals surface area (Å²) >= 11 is 0. The van der Waals surface area contributed by atoms with Crippen LogP contribution >= 0.6 is 0 Å². The molecule has 0 spiro atoms.